The van der Waals surface area contributed by atoms with Crippen LogP contribution in [0.5, 0.6) is 0 Å². The van der Waals surface area contributed by atoms with Crippen molar-refractivity contribution in [3.05, 3.63) is 132 Å². The molecule has 48 heavy (non-hydrogen) atoms. The van der Waals surface area contributed by atoms with Crippen molar-refractivity contribution >= 4 is 43.2 Å². The average molecular weight is 663 g/mol. The van der Waals surface area contributed by atoms with Gasteiger partial charge in [0.1, 0.15) is 0 Å². The summed E-state index contributed by atoms with van der Waals surface area (Å²) in [5.41, 5.74) is 6.37. The third-order valence-corrected chi connectivity index (χ3v) is 11.7. The lowest BCUT2D eigenvalue weighted by Gasteiger charge is -2.30. The molecule has 0 aromatic heterocycles. The second kappa shape index (κ2) is 13.2. The molecule has 1 heterocycles. The zero-order chi connectivity index (χ0) is 35.0. The van der Waals surface area contributed by atoms with E-state index in [1.54, 1.807) is 12.1 Å². The number of benzene rings is 4. The quantitative estimate of drug-likeness (QED) is 0.162. The highest BCUT2D eigenvalue weighted by Crippen LogP contribution is 2.50. The van der Waals surface area contributed by atoms with Crippen molar-refractivity contribution in [2.24, 2.45) is 0 Å². The fourth-order valence-corrected chi connectivity index (χ4v) is 8.35. The summed E-state index contributed by atoms with van der Waals surface area (Å²) < 4.78 is 27.8. The smallest absolute Gasteiger partial charge is 0.303 e. The summed E-state index contributed by atoms with van der Waals surface area (Å²) >= 11 is 0. The van der Waals surface area contributed by atoms with Crippen LogP contribution in [0, 0.1) is 6.92 Å². The van der Waals surface area contributed by atoms with Crippen molar-refractivity contribution < 1.29 is 18.3 Å². The minimum Gasteiger partial charge on any atom is -0.481 e. The van der Waals surface area contributed by atoms with E-state index < -0.39 is 21.4 Å². The standard InChI is InChI=1S/C41H46N2O4S/c1-28-20-21-31-27-32(48(46,47)42(7)26-14-19-37(44)45)23-24-34(31)38(28)40(3,4)29(2)15-10-9-11-18-36-41(5,6)39-33-17-13-12-16-30(33)22-25-35(39)43(36)8/h9-13,15-18,20-25,27H,2,14,19,26H2,1,3-8H3,(H,44,45)/b11-9+,15-10+,36-18+. The van der Waals surface area contributed by atoms with Crippen LogP contribution in [0.3, 0.4) is 0 Å². The Bertz CT molecular complexity index is 2120. The number of hydrogen-bond acceptors (Lipinski definition) is 4. The summed E-state index contributed by atoms with van der Waals surface area (Å²) in [6.07, 6.45) is 10.6. The first-order valence-electron chi connectivity index (χ1n) is 16.3. The van der Waals surface area contributed by atoms with Crippen molar-refractivity contribution in [1.29, 1.82) is 0 Å². The summed E-state index contributed by atoms with van der Waals surface area (Å²) in [7, 11) is -0.148. The maximum Gasteiger partial charge on any atom is 0.303 e. The summed E-state index contributed by atoms with van der Waals surface area (Å²) in [6, 6.07) is 22.2. The van der Waals surface area contributed by atoms with Gasteiger partial charge >= 0.3 is 5.97 Å². The Morgan fingerprint density at radius 1 is 0.979 bits per heavy atom. The molecule has 0 fully saturated rings. The van der Waals surface area contributed by atoms with Gasteiger partial charge in [-0.25, -0.2) is 12.7 Å². The Balaban J connectivity index is 1.36. The van der Waals surface area contributed by atoms with Crippen molar-refractivity contribution in [2.75, 3.05) is 25.5 Å². The van der Waals surface area contributed by atoms with E-state index >= 15 is 0 Å². The number of aryl methyl sites for hydroxylation is 1. The monoisotopic (exact) mass is 662 g/mol. The normalized spacial score (nSPS) is 15.8. The Hall–Kier alpha value is -4.46. The van der Waals surface area contributed by atoms with Crippen molar-refractivity contribution in [2.45, 2.75) is 63.2 Å². The summed E-state index contributed by atoms with van der Waals surface area (Å²) in [4.78, 5) is 13.4. The van der Waals surface area contributed by atoms with Gasteiger partial charge in [0.15, 0.2) is 0 Å². The molecule has 1 N–H and O–H groups in total. The van der Waals surface area contributed by atoms with Crippen molar-refractivity contribution in [1.82, 2.24) is 4.31 Å². The Kier molecular flexibility index (Phi) is 9.60. The van der Waals surface area contributed by atoms with Gasteiger partial charge in [0.25, 0.3) is 0 Å². The Labute approximate surface area is 285 Å². The van der Waals surface area contributed by atoms with Gasteiger partial charge in [-0.2, -0.15) is 0 Å². The van der Waals surface area contributed by atoms with Gasteiger partial charge < -0.3 is 10.0 Å². The third kappa shape index (κ3) is 6.37. The number of nitrogens with zero attached hydrogens (tertiary/aromatic N) is 2. The number of fused-ring (bicyclic) bond motifs is 4. The SMILES string of the molecule is C=C(/C=C/C=C/C=C1/N(C)c2ccc3ccccc3c2C1(C)C)C(C)(C)c1c(C)ccc2cc(S(=O)(=O)N(C)CCCC(=O)O)ccc12. The molecule has 0 atom stereocenters. The third-order valence-electron chi connectivity index (χ3n) is 9.87. The van der Waals surface area contributed by atoms with Crippen molar-refractivity contribution in [3.8, 4) is 0 Å². The topological polar surface area (TPSA) is 77.9 Å². The predicted octanol–water partition coefficient (Wildman–Crippen LogP) is 9.04. The summed E-state index contributed by atoms with van der Waals surface area (Å²) in [6.45, 7) is 15.5. The molecule has 4 aromatic carbocycles. The molecule has 1 aliphatic heterocycles. The number of carboxylic acids is 1. The minimum atomic E-state index is -3.77. The number of hydrogen-bond donors (Lipinski definition) is 1. The lowest BCUT2D eigenvalue weighted by atomic mass is 9.74. The zero-order valence-electron chi connectivity index (χ0n) is 29.0. The van der Waals surface area contributed by atoms with Crippen LogP contribution in [0.1, 0.15) is 57.2 Å². The highest BCUT2D eigenvalue weighted by atomic mass is 32.2. The maximum absolute atomic E-state index is 13.3. The highest BCUT2D eigenvalue weighted by molar-refractivity contribution is 7.89. The molecule has 0 amide bonds. The van der Waals surface area contributed by atoms with Gasteiger partial charge in [-0.15, -0.1) is 0 Å². The number of likely N-dealkylation sites (N-methyl/N-ethyl adjacent to an activating group) is 1. The molecular formula is C41H46N2O4S. The zero-order valence-corrected chi connectivity index (χ0v) is 29.9. The van der Waals surface area contributed by atoms with E-state index in [9.17, 15) is 13.2 Å². The Morgan fingerprint density at radius 2 is 1.69 bits per heavy atom. The largest absolute Gasteiger partial charge is 0.481 e. The molecule has 5 rings (SSSR count). The predicted molar refractivity (Wildman–Crippen MR) is 199 cm³/mol. The average Bonchev–Trinajstić information content (AvgIpc) is 3.23. The molecule has 6 nitrogen and oxygen atoms in total. The summed E-state index contributed by atoms with van der Waals surface area (Å²) in [5.74, 6) is -0.942. The molecular weight excluding hydrogens is 617 g/mol. The number of carboxylic acid groups (broad SMARTS) is 1. The molecule has 0 unspecified atom stereocenters. The molecule has 7 heteroatoms. The number of carbonyl (C=O) groups is 1. The second-order valence-corrected chi connectivity index (χ2v) is 15.8. The van der Waals surface area contributed by atoms with E-state index in [-0.39, 0.29) is 29.7 Å². The van der Waals surface area contributed by atoms with Gasteiger partial charge in [-0.1, -0.05) is 107 Å². The van der Waals surface area contributed by atoms with E-state index in [2.05, 4.69) is 102 Å². The van der Waals surface area contributed by atoms with E-state index in [0.717, 1.165) is 27.5 Å². The molecule has 0 spiro atoms. The molecule has 250 valence electrons. The lowest BCUT2D eigenvalue weighted by Crippen LogP contribution is -2.28. The molecule has 0 aliphatic carbocycles. The fourth-order valence-electron chi connectivity index (χ4n) is 7.11. The number of rotatable bonds is 11. The van der Waals surface area contributed by atoms with Crippen LogP contribution >= 0.6 is 0 Å². The van der Waals surface area contributed by atoms with Crippen LogP contribution in [0.25, 0.3) is 21.5 Å². The first-order valence-corrected chi connectivity index (χ1v) is 17.8. The van der Waals surface area contributed by atoms with Gasteiger partial charge in [0, 0.05) is 49.3 Å². The number of sulfonamides is 1. The van der Waals surface area contributed by atoms with Gasteiger partial charge in [-0.3, -0.25) is 4.79 Å². The van der Waals surface area contributed by atoms with Crippen LogP contribution in [0.4, 0.5) is 5.69 Å². The van der Waals surface area contributed by atoms with Crippen molar-refractivity contribution in [3.63, 3.8) is 0 Å². The first-order chi connectivity index (χ1) is 22.6. The summed E-state index contributed by atoms with van der Waals surface area (Å²) in [5, 5.41) is 13.3. The minimum absolute atomic E-state index is 0.0802. The maximum atomic E-state index is 13.3. The van der Waals surface area contributed by atoms with E-state index in [0.29, 0.717) is 0 Å². The van der Waals surface area contributed by atoms with E-state index in [1.165, 1.54) is 39.1 Å². The van der Waals surface area contributed by atoms with Crippen LogP contribution < -0.4 is 4.90 Å². The van der Waals surface area contributed by atoms with Crippen LogP contribution in [-0.4, -0.2) is 44.4 Å². The Morgan fingerprint density at radius 3 is 2.42 bits per heavy atom. The van der Waals surface area contributed by atoms with Crippen LogP contribution in [-0.2, 0) is 25.6 Å². The van der Waals surface area contributed by atoms with E-state index in [1.807, 2.05) is 36.4 Å². The van der Waals surface area contributed by atoms with Gasteiger partial charge in [-0.05, 0) is 81.4 Å². The molecule has 0 bridgehead atoms. The lowest BCUT2D eigenvalue weighted by molar-refractivity contribution is -0.137. The number of allylic oxidation sites excluding steroid dienone is 7. The van der Waals surface area contributed by atoms with Crippen LogP contribution in [0.2, 0.25) is 0 Å². The molecule has 0 saturated carbocycles. The second-order valence-electron chi connectivity index (χ2n) is 13.8. The molecule has 0 saturated heterocycles. The van der Waals surface area contributed by atoms with Gasteiger partial charge in [0.05, 0.1) is 4.90 Å². The van der Waals surface area contributed by atoms with E-state index in [4.69, 9.17) is 5.11 Å². The van der Waals surface area contributed by atoms with Crippen LogP contribution in [0.15, 0.2) is 120 Å². The molecule has 0 radical (unpaired) electrons. The number of aliphatic carboxylic acids is 1. The first kappa shape index (κ1) is 34.9. The van der Waals surface area contributed by atoms with Gasteiger partial charge in [0.2, 0.25) is 10.0 Å². The highest BCUT2D eigenvalue weighted by Gasteiger charge is 2.39. The number of anilines is 1. The molecule has 1 aliphatic rings. The fraction of sp³-hybridized carbons (Fsp3) is 0.293. The molecule has 4 aromatic rings.